The Morgan fingerprint density at radius 3 is 2.79 bits per heavy atom. The molecule has 10 heteroatoms. The third-order valence-electron chi connectivity index (χ3n) is 5.00. The first kappa shape index (κ1) is 26.3. The molecule has 1 N–H and O–H groups in total. The van der Waals surface area contributed by atoms with Gasteiger partial charge in [-0.2, -0.15) is 0 Å². The second-order valence-electron chi connectivity index (χ2n) is 7.33. The minimum atomic E-state index is -0.344. The van der Waals surface area contributed by atoms with Crippen LogP contribution in [0, 0.1) is 18.8 Å². The molecule has 1 saturated heterocycles. The first-order chi connectivity index (χ1) is 16.4. The van der Waals surface area contributed by atoms with Gasteiger partial charge in [0.25, 0.3) is 0 Å². The zero-order valence-corrected chi connectivity index (χ0v) is 20.9. The van der Waals surface area contributed by atoms with Crippen molar-refractivity contribution in [3.63, 3.8) is 0 Å². The number of morpholine rings is 1. The molecule has 3 heterocycles. The van der Waals surface area contributed by atoms with E-state index < -0.39 is 0 Å². The minimum absolute atomic E-state index is 0.0318. The topological polar surface area (TPSA) is 76.8 Å². The van der Waals surface area contributed by atoms with Gasteiger partial charge in [-0.25, -0.2) is 4.98 Å². The van der Waals surface area contributed by atoms with E-state index in [0.717, 1.165) is 13.1 Å². The molecule has 0 bridgehead atoms. The second-order valence-corrected chi connectivity index (χ2v) is 8.50. The number of aryl methyl sites for hydroxylation is 1. The fraction of sp³-hybridized carbons (Fsp3) is 0.333. The highest BCUT2D eigenvalue weighted by Gasteiger charge is 2.19. The molecule has 3 rings (SSSR count). The molecule has 2 aromatic rings. The molecule has 0 radical (unpaired) electrons. The number of pyridine rings is 2. The largest absolute Gasteiger partial charge is 0.475 e. The molecule has 34 heavy (non-hydrogen) atoms. The summed E-state index contributed by atoms with van der Waals surface area (Å²) in [6.07, 6.45) is 4.55. The van der Waals surface area contributed by atoms with E-state index >= 15 is 0 Å². The number of hydrogen-bond acceptors (Lipinski definition) is 6. The van der Waals surface area contributed by atoms with Crippen molar-refractivity contribution < 1.29 is 14.6 Å². The predicted molar refractivity (Wildman–Crippen MR) is 137 cm³/mol. The van der Waals surface area contributed by atoms with Gasteiger partial charge in [0.15, 0.2) is 5.43 Å². The molecule has 0 atom stereocenters. The summed E-state index contributed by atoms with van der Waals surface area (Å²) in [5.74, 6) is 6.22. The van der Waals surface area contributed by atoms with Gasteiger partial charge in [-0.05, 0) is 13.0 Å². The van der Waals surface area contributed by atoms with E-state index in [1.165, 1.54) is 12.3 Å². The average molecular weight is 525 g/mol. The number of hydrogen-bond donors (Lipinski definition) is 1. The van der Waals surface area contributed by atoms with Gasteiger partial charge >= 0.3 is 0 Å². The van der Waals surface area contributed by atoms with E-state index in [0.29, 0.717) is 36.5 Å². The molecule has 0 aromatic carbocycles. The van der Waals surface area contributed by atoms with Gasteiger partial charge in [-0.15, -0.1) is 0 Å². The number of rotatable bonds is 7. The van der Waals surface area contributed by atoms with Gasteiger partial charge in [-0.1, -0.05) is 59.3 Å². The first-order valence-corrected chi connectivity index (χ1v) is 11.6. The van der Waals surface area contributed by atoms with Gasteiger partial charge in [0.1, 0.15) is 17.1 Å². The Bertz CT molecular complexity index is 1250. The Morgan fingerprint density at radius 2 is 2.12 bits per heavy atom. The molecule has 0 amide bonds. The molecular formula is C24H24Cl3N3O4. The summed E-state index contributed by atoms with van der Waals surface area (Å²) in [5.41, 5.74) is 1.04. The lowest BCUT2D eigenvalue weighted by molar-refractivity contribution is 0.0443. The number of halogens is 3. The minimum Gasteiger partial charge on any atom is -0.475 e. The van der Waals surface area contributed by atoms with Crippen LogP contribution in [-0.2, 0) is 4.74 Å². The van der Waals surface area contributed by atoms with Crippen LogP contribution in [0.5, 0.6) is 5.88 Å². The normalized spacial score (nSPS) is 15.5. The zero-order valence-electron chi connectivity index (χ0n) is 18.6. The maximum Gasteiger partial charge on any atom is 0.227 e. The molecular weight excluding hydrogens is 501 g/mol. The van der Waals surface area contributed by atoms with Crippen LogP contribution in [0.1, 0.15) is 5.69 Å². The number of aliphatic hydroxyl groups is 1. The third-order valence-corrected chi connectivity index (χ3v) is 6.03. The van der Waals surface area contributed by atoms with Crippen molar-refractivity contribution in [2.75, 3.05) is 46.1 Å². The van der Waals surface area contributed by atoms with Crippen LogP contribution in [0.15, 0.2) is 46.4 Å². The van der Waals surface area contributed by atoms with Crippen molar-refractivity contribution in [1.29, 1.82) is 0 Å². The quantitative estimate of drug-likeness (QED) is 0.439. The Hall–Kier alpha value is -2.31. The van der Waals surface area contributed by atoms with E-state index in [-0.39, 0.29) is 45.1 Å². The van der Waals surface area contributed by atoms with Gasteiger partial charge in [0.2, 0.25) is 5.88 Å². The molecule has 7 nitrogen and oxygen atoms in total. The van der Waals surface area contributed by atoms with Crippen LogP contribution >= 0.6 is 34.8 Å². The highest BCUT2D eigenvalue weighted by atomic mass is 35.5. The van der Waals surface area contributed by atoms with Crippen LogP contribution < -0.4 is 10.2 Å². The standard InChI is InChI=1S/C24H24Cl3N3O4/c1-3-17(5-4-6-29-7-10-33-11-8-29)14-18(25)23(27)30-16(2)13-20(32)21-22(30)19(26)15-28-24(21)34-12-9-31/h3,13-15,31H,1,6-12H2,2H3/b17-14+,23-18-. The molecule has 0 unspecified atom stereocenters. The van der Waals surface area contributed by atoms with Crippen molar-refractivity contribution in [3.05, 3.63) is 62.5 Å². The van der Waals surface area contributed by atoms with Crippen LogP contribution in [0.2, 0.25) is 5.02 Å². The smallest absolute Gasteiger partial charge is 0.227 e. The molecule has 1 aliphatic heterocycles. The van der Waals surface area contributed by atoms with E-state index in [9.17, 15) is 4.79 Å². The van der Waals surface area contributed by atoms with E-state index in [2.05, 4.69) is 28.3 Å². The third kappa shape index (κ3) is 6.22. The SMILES string of the molecule is C=C/C(C#CCN1CCOCC1)=C\C(Cl)=C(/Cl)n1c(C)cc(=O)c2c(OCCO)ncc(Cl)c21. The number of aromatic nitrogens is 2. The number of fused-ring (bicyclic) bond motifs is 1. The van der Waals surface area contributed by atoms with Gasteiger partial charge in [0, 0.05) is 30.4 Å². The first-order valence-electron chi connectivity index (χ1n) is 10.5. The fourth-order valence-electron chi connectivity index (χ4n) is 3.37. The maximum atomic E-state index is 12.8. The lowest BCUT2D eigenvalue weighted by Crippen LogP contribution is -2.36. The highest BCUT2D eigenvalue weighted by molar-refractivity contribution is 6.53. The lowest BCUT2D eigenvalue weighted by Gasteiger charge is -2.24. The molecule has 1 aliphatic rings. The molecule has 180 valence electrons. The molecule has 0 saturated carbocycles. The highest BCUT2D eigenvalue weighted by Crippen LogP contribution is 2.33. The Labute approximate surface area is 212 Å². The number of allylic oxidation sites excluding steroid dienone is 4. The van der Waals surface area contributed by atoms with E-state index in [1.54, 1.807) is 23.6 Å². The van der Waals surface area contributed by atoms with Crippen molar-refractivity contribution in [2.24, 2.45) is 0 Å². The van der Waals surface area contributed by atoms with E-state index in [4.69, 9.17) is 49.4 Å². The Morgan fingerprint density at radius 1 is 1.38 bits per heavy atom. The fourth-order valence-corrected chi connectivity index (χ4v) is 4.07. The second kappa shape index (κ2) is 12.4. The summed E-state index contributed by atoms with van der Waals surface area (Å²) in [6.45, 7) is 8.93. The van der Waals surface area contributed by atoms with Crippen molar-refractivity contribution in [3.8, 4) is 17.7 Å². The number of nitrogens with zero attached hydrogens (tertiary/aromatic N) is 3. The van der Waals surface area contributed by atoms with Crippen LogP contribution in [0.3, 0.4) is 0 Å². The molecule has 1 fully saturated rings. The molecule has 0 aliphatic carbocycles. The summed E-state index contributed by atoms with van der Waals surface area (Å²) >= 11 is 19.7. The predicted octanol–water partition coefficient (Wildman–Crippen LogP) is 3.78. The summed E-state index contributed by atoms with van der Waals surface area (Å²) in [4.78, 5) is 19.0. The Kier molecular flexibility index (Phi) is 9.60. The van der Waals surface area contributed by atoms with Crippen molar-refractivity contribution >= 4 is 50.9 Å². The van der Waals surface area contributed by atoms with Gasteiger partial charge in [-0.3, -0.25) is 9.69 Å². The van der Waals surface area contributed by atoms with E-state index in [1.807, 2.05) is 0 Å². The van der Waals surface area contributed by atoms with Gasteiger partial charge < -0.3 is 19.1 Å². The number of aliphatic hydroxyl groups excluding tert-OH is 1. The summed E-state index contributed by atoms with van der Waals surface area (Å²) < 4.78 is 12.3. The molecule has 2 aromatic heterocycles. The van der Waals surface area contributed by atoms with Crippen LogP contribution in [-0.4, -0.2) is 65.6 Å². The summed E-state index contributed by atoms with van der Waals surface area (Å²) in [6, 6.07) is 1.39. The van der Waals surface area contributed by atoms with Gasteiger partial charge in [0.05, 0.1) is 48.1 Å². The summed E-state index contributed by atoms with van der Waals surface area (Å²) in [5, 5.41) is 9.69. The average Bonchev–Trinajstić information content (AvgIpc) is 2.83. The van der Waals surface area contributed by atoms with Crippen LogP contribution in [0.4, 0.5) is 0 Å². The summed E-state index contributed by atoms with van der Waals surface area (Å²) in [7, 11) is 0. The zero-order chi connectivity index (χ0) is 24.7. The Balaban J connectivity index is 2.04. The molecule has 0 spiro atoms. The number of ether oxygens (including phenoxy) is 2. The van der Waals surface area contributed by atoms with Crippen LogP contribution in [0.25, 0.3) is 16.1 Å². The van der Waals surface area contributed by atoms with Crippen molar-refractivity contribution in [1.82, 2.24) is 14.5 Å². The van der Waals surface area contributed by atoms with Crippen molar-refractivity contribution in [2.45, 2.75) is 6.92 Å². The lowest BCUT2D eigenvalue weighted by atomic mass is 10.2. The maximum absolute atomic E-state index is 12.8. The monoisotopic (exact) mass is 523 g/mol.